The lowest BCUT2D eigenvalue weighted by molar-refractivity contribution is -0.384. The van der Waals surface area contributed by atoms with E-state index in [9.17, 15) is 10.1 Å². The minimum atomic E-state index is -0.438. The van der Waals surface area contributed by atoms with Gasteiger partial charge in [0.05, 0.1) is 10.6 Å². The van der Waals surface area contributed by atoms with E-state index in [1.807, 2.05) is 25.1 Å². The minimum absolute atomic E-state index is 0.0498. The number of benzene rings is 2. The number of ether oxygens (including phenoxy) is 2. The predicted molar refractivity (Wildman–Crippen MR) is 82.7 cm³/mol. The number of rotatable bonds is 5. The fourth-order valence-electron chi connectivity index (χ4n) is 2.09. The van der Waals surface area contributed by atoms with E-state index in [4.69, 9.17) is 14.3 Å². The van der Waals surface area contributed by atoms with Gasteiger partial charge in [0.1, 0.15) is 6.61 Å². The molecule has 0 aromatic heterocycles. The molecule has 2 aromatic carbocycles. The van der Waals surface area contributed by atoms with Crippen LogP contribution >= 0.6 is 0 Å². The van der Waals surface area contributed by atoms with Gasteiger partial charge < -0.3 is 14.3 Å². The van der Waals surface area contributed by atoms with E-state index in [2.05, 4.69) is 5.16 Å². The number of hydrogen-bond donors (Lipinski definition) is 0. The molecule has 0 atom stereocenters. The second-order valence-electron chi connectivity index (χ2n) is 4.94. The van der Waals surface area contributed by atoms with Crippen molar-refractivity contribution in [2.75, 3.05) is 6.79 Å². The molecule has 0 bridgehead atoms. The average Bonchev–Trinajstić information content (AvgIpc) is 3.02. The maximum atomic E-state index is 10.6. The Morgan fingerprint density at radius 3 is 2.70 bits per heavy atom. The summed E-state index contributed by atoms with van der Waals surface area (Å²) in [4.78, 5) is 15.5. The highest BCUT2D eigenvalue weighted by Crippen LogP contribution is 2.32. The third-order valence-electron chi connectivity index (χ3n) is 3.37. The van der Waals surface area contributed by atoms with Crippen LogP contribution in [0.1, 0.15) is 18.1 Å². The minimum Gasteiger partial charge on any atom is -0.454 e. The van der Waals surface area contributed by atoms with Gasteiger partial charge in [0, 0.05) is 17.7 Å². The highest BCUT2D eigenvalue weighted by atomic mass is 16.7. The molecule has 118 valence electrons. The van der Waals surface area contributed by atoms with Crippen LogP contribution in [-0.2, 0) is 11.4 Å². The molecule has 23 heavy (non-hydrogen) atoms. The Morgan fingerprint density at radius 1 is 1.22 bits per heavy atom. The monoisotopic (exact) mass is 314 g/mol. The average molecular weight is 314 g/mol. The second-order valence-corrected chi connectivity index (χ2v) is 4.94. The van der Waals surface area contributed by atoms with Gasteiger partial charge >= 0.3 is 0 Å². The first-order valence-electron chi connectivity index (χ1n) is 6.93. The summed E-state index contributed by atoms with van der Waals surface area (Å²) in [7, 11) is 0. The Kier molecular flexibility index (Phi) is 4.09. The Balaban J connectivity index is 1.62. The summed E-state index contributed by atoms with van der Waals surface area (Å²) in [5.41, 5.74) is 2.43. The Morgan fingerprint density at radius 2 is 1.96 bits per heavy atom. The number of nitro benzene ring substituents is 1. The highest BCUT2D eigenvalue weighted by molar-refractivity contribution is 5.98. The van der Waals surface area contributed by atoms with E-state index in [-0.39, 0.29) is 19.1 Å². The van der Waals surface area contributed by atoms with E-state index < -0.39 is 4.92 Å². The standard InChI is InChI=1S/C16H14N2O5/c1-11(13-4-7-15-16(8-13)22-10-21-15)17-23-9-12-2-5-14(6-3-12)18(19)20/h2-8H,9-10H2,1H3. The van der Waals surface area contributed by atoms with E-state index in [1.54, 1.807) is 12.1 Å². The number of oxime groups is 1. The van der Waals surface area contributed by atoms with Crippen LogP contribution in [0.5, 0.6) is 11.5 Å². The van der Waals surface area contributed by atoms with E-state index in [0.29, 0.717) is 17.2 Å². The molecule has 7 heteroatoms. The Labute approximate surface area is 132 Å². The first-order chi connectivity index (χ1) is 11.1. The van der Waals surface area contributed by atoms with E-state index in [1.165, 1.54) is 12.1 Å². The zero-order chi connectivity index (χ0) is 16.2. The molecule has 0 amide bonds. The van der Waals surface area contributed by atoms with Gasteiger partial charge in [-0.05, 0) is 42.8 Å². The van der Waals surface area contributed by atoms with Crippen molar-refractivity contribution >= 4 is 11.4 Å². The molecule has 7 nitrogen and oxygen atoms in total. The van der Waals surface area contributed by atoms with E-state index in [0.717, 1.165) is 11.1 Å². The molecule has 1 aliphatic heterocycles. The SMILES string of the molecule is CC(=NOCc1ccc([N+](=O)[O-])cc1)c1ccc2c(c1)OCO2. The van der Waals surface area contributed by atoms with Crippen molar-refractivity contribution in [3.8, 4) is 11.5 Å². The van der Waals surface area contributed by atoms with Crippen LogP contribution in [0.2, 0.25) is 0 Å². The normalized spacial score (nSPS) is 13.0. The Hall–Kier alpha value is -3.09. The van der Waals surface area contributed by atoms with Gasteiger partial charge in [-0.15, -0.1) is 0 Å². The fraction of sp³-hybridized carbons (Fsp3) is 0.188. The lowest BCUT2D eigenvalue weighted by atomic mass is 10.1. The smallest absolute Gasteiger partial charge is 0.269 e. The number of hydrogen-bond acceptors (Lipinski definition) is 6. The molecule has 0 radical (unpaired) electrons. The zero-order valence-corrected chi connectivity index (χ0v) is 12.4. The molecule has 1 heterocycles. The molecule has 3 rings (SSSR count). The zero-order valence-electron chi connectivity index (χ0n) is 12.4. The maximum Gasteiger partial charge on any atom is 0.269 e. The molecule has 1 aliphatic rings. The molecule has 0 spiro atoms. The second kappa shape index (κ2) is 6.35. The molecule has 0 fully saturated rings. The highest BCUT2D eigenvalue weighted by Gasteiger charge is 2.14. The molecule has 2 aromatic rings. The van der Waals surface area contributed by atoms with Crippen LogP contribution in [0.3, 0.4) is 0 Å². The third kappa shape index (κ3) is 3.39. The molecule has 0 saturated heterocycles. The van der Waals surface area contributed by atoms with E-state index >= 15 is 0 Å². The summed E-state index contributed by atoms with van der Waals surface area (Å²) >= 11 is 0. The van der Waals surface area contributed by atoms with Crippen LogP contribution in [0.25, 0.3) is 0 Å². The maximum absolute atomic E-state index is 10.6. The van der Waals surface area contributed by atoms with Crippen molar-refractivity contribution in [1.29, 1.82) is 0 Å². The molecule has 0 aliphatic carbocycles. The van der Waals surface area contributed by atoms with Crippen LogP contribution < -0.4 is 9.47 Å². The van der Waals surface area contributed by atoms with Gasteiger partial charge in [0.2, 0.25) is 6.79 Å². The predicted octanol–water partition coefficient (Wildman–Crippen LogP) is 3.26. The van der Waals surface area contributed by atoms with Gasteiger partial charge in [0.15, 0.2) is 11.5 Å². The molecular formula is C16H14N2O5. The van der Waals surface area contributed by atoms with Crippen molar-refractivity contribution in [3.63, 3.8) is 0 Å². The molecule has 0 saturated carbocycles. The molecular weight excluding hydrogens is 300 g/mol. The molecule has 0 N–H and O–H groups in total. The first kappa shape index (κ1) is 14.8. The quantitative estimate of drug-likeness (QED) is 0.480. The lowest BCUT2D eigenvalue weighted by Crippen LogP contribution is -1.97. The number of non-ortho nitro benzene ring substituents is 1. The summed E-state index contributed by atoms with van der Waals surface area (Å²) < 4.78 is 10.6. The summed E-state index contributed by atoms with van der Waals surface area (Å²) in [6.45, 7) is 2.29. The van der Waals surface area contributed by atoms with Crippen molar-refractivity contribution in [3.05, 3.63) is 63.7 Å². The van der Waals surface area contributed by atoms with Crippen molar-refractivity contribution in [2.45, 2.75) is 13.5 Å². The summed E-state index contributed by atoms with van der Waals surface area (Å²) in [6.07, 6.45) is 0. The van der Waals surface area contributed by atoms with Crippen LogP contribution in [0, 0.1) is 10.1 Å². The van der Waals surface area contributed by atoms with Crippen molar-refractivity contribution < 1.29 is 19.2 Å². The van der Waals surface area contributed by atoms with Gasteiger partial charge in [-0.1, -0.05) is 5.16 Å². The number of nitro groups is 1. The Bertz CT molecular complexity index is 756. The largest absolute Gasteiger partial charge is 0.454 e. The number of nitrogens with zero attached hydrogens (tertiary/aromatic N) is 2. The van der Waals surface area contributed by atoms with Crippen molar-refractivity contribution in [1.82, 2.24) is 0 Å². The number of fused-ring (bicyclic) bond motifs is 1. The lowest BCUT2D eigenvalue weighted by Gasteiger charge is -2.04. The topological polar surface area (TPSA) is 83.2 Å². The van der Waals surface area contributed by atoms with Gasteiger partial charge in [-0.2, -0.15) is 0 Å². The van der Waals surface area contributed by atoms with Gasteiger partial charge in [-0.25, -0.2) is 0 Å². The first-order valence-corrected chi connectivity index (χ1v) is 6.93. The molecule has 0 unspecified atom stereocenters. The summed E-state index contributed by atoms with van der Waals surface area (Å²) in [5, 5.41) is 14.6. The summed E-state index contributed by atoms with van der Waals surface area (Å²) in [6, 6.07) is 11.7. The van der Waals surface area contributed by atoms with Gasteiger partial charge in [0.25, 0.3) is 5.69 Å². The van der Waals surface area contributed by atoms with Crippen molar-refractivity contribution in [2.24, 2.45) is 5.16 Å². The third-order valence-corrected chi connectivity index (χ3v) is 3.37. The fourth-order valence-corrected chi connectivity index (χ4v) is 2.09. The van der Waals surface area contributed by atoms with Gasteiger partial charge in [-0.3, -0.25) is 10.1 Å². The van der Waals surface area contributed by atoms with Crippen LogP contribution in [0.4, 0.5) is 5.69 Å². The van der Waals surface area contributed by atoms with Crippen LogP contribution in [-0.4, -0.2) is 17.4 Å². The van der Waals surface area contributed by atoms with Crippen LogP contribution in [0.15, 0.2) is 47.6 Å². The summed E-state index contributed by atoms with van der Waals surface area (Å²) in [5.74, 6) is 1.40.